The number of pyridine rings is 1. The molecule has 1 aromatic rings. The van der Waals surface area contributed by atoms with Gasteiger partial charge in [-0.3, -0.25) is 4.79 Å². The zero-order valence-electron chi connectivity index (χ0n) is 6.30. The van der Waals surface area contributed by atoms with Gasteiger partial charge in [0.05, 0.1) is 10.6 Å². The number of hydrogen-bond acceptors (Lipinski definition) is 3. The number of anilines is 1. The van der Waals surface area contributed by atoms with Crippen molar-refractivity contribution >= 4 is 23.7 Å². The predicted molar refractivity (Wildman–Crippen MR) is 44.0 cm³/mol. The molecule has 0 saturated heterocycles. The van der Waals surface area contributed by atoms with E-state index in [-0.39, 0.29) is 22.7 Å². The highest BCUT2D eigenvalue weighted by Crippen LogP contribution is 2.26. The quantitative estimate of drug-likeness (QED) is 0.754. The van der Waals surface area contributed by atoms with Gasteiger partial charge < -0.3 is 5.73 Å². The average molecular weight is 207 g/mol. The third kappa shape index (κ3) is 1.92. The lowest BCUT2D eigenvalue weighted by Gasteiger charge is -2.05. The molecule has 0 aliphatic rings. The Balaban J connectivity index is 3.38. The van der Waals surface area contributed by atoms with E-state index < -0.39 is 12.1 Å². The van der Waals surface area contributed by atoms with Gasteiger partial charge >= 0.3 is 0 Å². The molecule has 0 aromatic carbocycles. The van der Waals surface area contributed by atoms with Crippen molar-refractivity contribution in [3.8, 4) is 0 Å². The van der Waals surface area contributed by atoms with Gasteiger partial charge in [0.2, 0.25) is 0 Å². The van der Waals surface area contributed by atoms with E-state index in [4.69, 9.17) is 17.3 Å². The molecule has 0 bridgehead atoms. The second kappa shape index (κ2) is 3.66. The average Bonchev–Trinajstić information content (AvgIpc) is 2.02. The Morgan fingerprint density at radius 3 is 2.69 bits per heavy atom. The lowest BCUT2D eigenvalue weighted by molar-refractivity contribution is 0.110. The van der Waals surface area contributed by atoms with Crippen molar-refractivity contribution in [3.63, 3.8) is 0 Å². The summed E-state index contributed by atoms with van der Waals surface area (Å²) >= 11 is 5.49. The summed E-state index contributed by atoms with van der Waals surface area (Å²) in [6, 6.07) is 1.15. The molecule has 0 spiro atoms. The number of alkyl halides is 2. The second-order valence-electron chi connectivity index (χ2n) is 2.25. The van der Waals surface area contributed by atoms with Crippen LogP contribution in [0.2, 0.25) is 5.02 Å². The fourth-order valence-corrected chi connectivity index (χ4v) is 1.10. The van der Waals surface area contributed by atoms with E-state index in [1.807, 2.05) is 0 Å². The second-order valence-corrected chi connectivity index (χ2v) is 2.65. The molecule has 0 saturated carbocycles. The summed E-state index contributed by atoms with van der Waals surface area (Å²) in [5, 5.41) is -0.113. The van der Waals surface area contributed by atoms with Crippen molar-refractivity contribution in [1.82, 2.24) is 4.98 Å². The minimum Gasteiger partial charge on any atom is -0.384 e. The molecule has 13 heavy (non-hydrogen) atoms. The molecular formula is C7H5ClF2N2O. The van der Waals surface area contributed by atoms with Crippen LogP contribution in [0.4, 0.5) is 14.6 Å². The van der Waals surface area contributed by atoms with Gasteiger partial charge in [0.1, 0.15) is 11.5 Å². The number of aromatic nitrogens is 1. The summed E-state index contributed by atoms with van der Waals surface area (Å²) in [6.07, 6.45) is -2.63. The Morgan fingerprint density at radius 1 is 1.62 bits per heavy atom. The number of carbonyl (C=O) groups is 1. The molecular weight excluding hydrogens is 202 g/mol. The molecule has 1 aromatic heterocycles. The maximum Gasteiger partial charge on any atom is 0.281 e. The summed E-state index contributed by atoms with van der Waals surface area (Å²) in [6.45, 7) is 0. The standard InChI is InChI=1S/C7H5ClF2N2O/c8-4-1-5(11)12-6(7(9)10)3(4)2-13/h1-2,7H,(H2,11,12). The molecule has 0 atom stereocenters. The van der Waals surface area contributed by atoms with E-state index in [0.717, 1.165) is 6.07 Å². The van der Waals surface area contributed by atoms with Gasteiger partial charge in [0, 0.05) is 0 Å². The largest absolute Gasteiger partial charge is 0.384 e. The van der Waals surface area contributed by atoms with E-state index >= 15 is 0 Å². The number of hydrogen-bond donors (Lipinski definition) is 1. The summed E-state index contributed by atoms with van der Waals surface area (Å²) < 4.78 is 24.5. The predicted octanol–water partition coefficient (Wildman–Crippen LogP) is 2.07. The van der Waals surface area contributed by atoms with Crippen molar-refractivity contribution in [1.29, 1.82) is 0 Å². The molecule has 2 N–H and O–H groups in total. The monoisotopic (exact) mass is 206 g/mol. The minimum atomic E-state index is -2.86. The highest BCUT2D eigenvalue weighted by Gasteiger charge is 2.17. The number of nitrogens with zero attached hydrogens (tertiary/aromatic N) is 1. The summed E-state index contributed by atoms with van der Waals surface area (Å²) in [5.74, 6) is -0.133. The Morgan fingerprint density at radius 2 is 2.23 bits per heavy atom. The number of nitrogen functional groups attached to an aromatic ring is 1. The normalized spacial score (nSPS) is 10.5. The Kier molecular flexibility index (Phi) is 2.77. The zero-order valence-corrected chi connectivity index (χ0v) is 7.05. The third-order valence-corrected chi connectivity index (χ3v) is 1.69. The lowest BCUT2D eigenvalue weighted by atomic mass is 10.2. The number of halogens is 3. The molecule has 1 heterocycles. The van der Waals surface area contributed by atoms with Crippen molar-refractivity contribution < 1.29 is 13.6 Å². The highest BCUT2D eigenvalue weighted by atomic mass is 35.5. The van der Waals surface area contributed by atoms with Crippen LogP contribution in [0.5, 0.6) is 0 Å². The first-order valence-corrected chi connectivity index (χ1v) is 3.63. The van der Waals surface area contributed by atoms with Crippen LogP contribution in [-0.2, 0) is 0 Å². The van der Waals surface area contributed by atoms with Gasteiger partial charge in [-0.15, -0.1) is 0 Å². The van der Waals surface area contributed by atoms with Crippen molar-refractivity contribution in [2.45, 2.75) is 6.43 Å². The van der Waals surface area contributed by atoms with Gasteiger partial charge in [0.25, 0.3) is 6.43 Å². The van der Waals surface area contributed by atoms with Gasteiger partial charge in [-0.1, -0.05) is 11.6 Å². The number of nitrogens with two attached hydrogens (primary N) is 1. The molecule has 1 rings (SSSR count). The van der Waals surface area contributed by atoms with E-state index in [1.54, 1.807) is 0 Å². The van der Waals surface area contributed by atoms with Gasteiger partial charge in [-0.25, -0.2) is 13.8 Å². The first-order chi connectivity index (χ1) is 6.06. The van der Waals surface area contributed by atoms with E-state index in [9.17, 15) is 13.6 Å². The van der Waals surface area contributed by atoms with E-state index in [1.165, 1.54) is 0 Å². The molecule has 0 aliphatic carbocycles. The molecule has 70 valence electrons. The van der Waals surface area contributed by atoms with E-state index in [2.05, 4.69) is 4.98 Å². The topological polar surface area (TPSA) is 56.0 Å². The van der Waals surface area contributed by atoms with Crippen LogP contribution in [0, 0.1) is 0 Å². The fraction of sp³-hybridized carbons (Fsp3) is 0.143. The SMILES string of the molecule is Nc1cc(Cl)c(C=O)c(C(F)F)n1. The van der Waals surface area contributed by atoms with Crippen LogP contribution in [0.25, 0.3) is 0 Å². The fourth-order valence-electron chi connectivity index (χ4n) is 0.845. The summed E-state index contributed by atoms with van der Waals surface area (Å²) in [7, 11) is 0. The number of rotatable bonds is 2. The van der Waals surface area contributed by atoms with Crippen molar-refractivity contribution in [3.05, 3.63) is 22.3 Å². The smallest absolute Gasteiger partial charge is 0.281 e. The van der Waals surface area contributed by atoms with Crippen LogP contribution in [0.3, 0.4) is 0 Å². The Labute approximate surface area is 77.5 Å². The first-order valence-electron chi connectivity index (χ1n) is 3.25. The first kappa shape index (κ1) is 9.85. The highest BCUT2D eigenvalue weighted by molar-refractivity contribution is 6.33. The molecule has 0 unspecified atom stereocenters. The van der Waals surface area contributed by atoms with E-state index in [0.29, 0.717) is 0 Å². The number of carbonyl (C=O) groups excluding carboxylic acids is 1. The zero-order chi connectivity index (χ0) is 10.0. The summed E-state index contributed by atoms with van der Waals surface area (Å²) in [5.41, 5.74) is 4.18. The maximum absolute atomic E-state index is 12.2. The Bertz CT molecular complexity index is 344. The molecule has 0 radical (unpaired) electrons. The molecule has 0 fully saturated rings. The van der Waals surface area contributed by atoms with Crippen LogP contribution in [0.15, 0.2) is 6.07 Å². The van der Waals surface area contributed by atoms with Crippen LogP contribution < -0.4 is 5.73 Å². The lowest BCUT2D eigenvalue weighted by Crippen LogP contribution is -2.02. The third-order valence-electron chi connectivity index (χ3n) is 1.38. The summed E-state index contributed by atoms with van der Waals surface area (Å²) in [4.78, 5) is 13.7. The van der Waals surface area contributed by atoms with Gasteiger partial charge in [-0.2, -0.15) is 0 Å². The minimum absolute atomic E-state index is 0.113. The molecule has 6 heteroatoms. The van der Waals surface area contributed by atoms with Crippen LogP contribution >= 0.6 is 11.6 Å². The van der Waals surface area contributed by atoms with Gasteiger partial charge in [-0.05, 0) is 6.07 Å². The van der Waals surface area contributed by atoms with Crippen LogP contribution in [0.1, 0.15) is 22.5 Å². The molecule has 0 amide bonds. The van der Waals surface area contributed by atoms with Crippen LogP contribution in [-0.4, -0.2) is 11.3 Å². The maximum atomic E-state index is 12.2. The van der Waals surface area contributed by atoms with Gasteiger partial charge in [0.15, 0.2) is 6.29 Å². The molecule has 0 aliphatic heterocycles. The Hall–Kier alpha value is -1.23. The van der Waals surface area contributed by atoms with Crippen molar-refractivity contribution in [2.75, 3.05) is 5.73 Å². The van der Waals surface area contributed by atoms with Crippen molar-refractivity contribution in [2.24, 2.45) is 0 Å². The number of aldehydes is 1. The molecule has 3 nitrogen and oxygen atoms in total.